The number of hydrogen-bond donors (Lipinski definition) is 4. The summed E-state index contributed by atoms with van der Waals surface area (Å²) in [5.41, 5.74) is 1.96. The molecule has 1 saturated heterocycles. The highest BCUT2D eigenvalue weighted by atomic mass is 16.5. The zero-order valence-electron chi connectivity index (χ0n) is 18.9. The molecule has 2 aromatic carbocycles. The van der Waals surface area contributed by atoms with E-state index in [9.17, 15) is 19.5 Å². The Morgan fingerprint density at radius 2 is 1.86 bits per heavy atom. The Labute approximate surface area is 201 Å². The smallest absolute Gasteiger partial charge is 0.408 e. The third kappa shape index (κ3) is 5.23. The molecule has 3 aromatic rings. The van der Waals surface area contributed by atoms with E-state index < -0.39 is 29.6 Å². The zero-order chi connectivity index (χ0) is 24.8. The molecule has 2 atom stereocenters. The summed E-state index contributed by atoms with van der Waals surface area (Å²) >= 11 is 0. The second-order valence-corrected chi connectivity index (χ2v) is 8.40. The van der Waals surface area contributed by atoms with Crippen molar-refractivity contribution in [2.75, 3.05) is 18.5 Å². The molecule has 35 heavy (non-hydrogen) atoms. The Bertz CT molecular complexity index is 1220. The van der Waals surface area contributed by atoms with Crippen LogP contribution in [0.3, 0.4) is 0 Å². The van der Waals surface area contributed by atoms with Crippen molar-refractivity contribution in [2.45, 2.75) is 30.9 Å². The van der Waals surface area contributed by atoms with Crippen LogP contribution in [0.15, 0.2) is 66.9 Å². The van der Waals surface area contributed by atoms with Crippen LogP contribution < -0.4 is 10.8 Å². The zero-order valence-corrected chi connectivity index (χ0v) is 18.9. The number of carbonyl (C=O) groups is 3. The molecule has 182 valence electrons. The molecule has 1 fully saturated rings. The van der Waals surface area contributed by atoms with Crippen LogP contribution in [0.4, 0.5) is 10.5 Å². The number of anilines is 1. The topological polar surface area (TPSA) is 141 Å². The first-order chi connectivity index (χ1) is 16.9. The fraction of sp³-hybridized carbons (Fsp3) is 0.280. The third-order valence-electron chi connectivity index (χ3n) is 6.15. The molecule has 3 amide bonds. The van der Waals surface area contributed by atoms with Gasteiger partial charge in [-0.15, -0.1) is 0 Å². The Morgan fingerprint density at radius 3 is 2.60 bits per heavy atom. The molecule has 0 spiro atoms. The highest BCUT2D eigenvalue weighted by molar-refractivity contribution is 6.05. The molecule has 10 heteroatoms. The lowest BCUT2D eigenvalue weighted by molar-refractivity contribution is -0.131. The molecule has 1 aliphatic heterocycles. The Morgan fingerprint density at radius 1 is 1.09 bits per heavy atom. The van der Waals surface area contributed by atoms with Gasteiger partial charge in [-0.25, -0.2) is 10.3 Å². The fourth-order valence-corrected chi connectivity index (χ4v) is 4.52. The number of carboxylic acid groups (broad SMARTS) is 1. The summed E-state index contributed by atoms with van der Waals surface area (Å²) in [6.07, 6.45) is -0.0905. The Hall–Kier alpha value is -4.02. The van der Waals surface area contributed by atoms with Crippen LogP contribution in [-0.4, -0.2) is 62.9 Å². The number of benzene rings is 2. The minimum atomic E-state index is -1.45. The van der Waals surface area contributed by atoms with Gasteiger partial charge in [-0.1, -0.05) is 48.5 Å². The monoisotopic (exact) mass is 478 g/mol. The molecule has 2 heterocycles. The first-order valence-corrected chi connectivity index (χ1v) is 11.2. The lowest BCUT2D eigenvalue weighted by Gasteiger charge is -2.35. The molecule has 0 unspecified atom stereocenters. The van der Waals surface area contributed by atoms with Gasteiger partial charge in [0, 0.05) is 24.4 Å². The molecule has 0 saturated carbocycles. The van der Waals surface area contributed by atoms with Gasteiger partial charge in [0.1, 0.15) is 5.54 Å². The number of aromatic nitrogens is 1. The number of hydroxylamine groups is 1. The lowest BCUT2D eigenvalue weighted by atomic mass is 9.86. The summed E-state index contributed by atoms with van der Waals surface area (Å²) in [5.74, 6) is -1.10. The number of ether oxygens (including phenoxy) is 1. The molecule has 10 nitrogen and oxygen atoms in total. The van der Waals surface area contributed by atoms with Gasteiger partial charge in [-0.2, -0.15) is 0 Å². The molecule has 0 aliphatic carbocycles. The minimum absolute atomic E-state index is 0.0270. The number of fused-ring (bicyclic) bond motifs is 1. The van der Waals surface area contributed by atoms with Crippen LogP contribution >= 0.6 is 0 Å². The summed E-state index contributed by atoms with van der Waals surface area (Å²) in [5, 5.41) is 22.5. The second-order valence-electron chi connectivity index (χ2n) is 8.40. The maximum absolute atomic E-state index is 13.9. The molecule has 0 bridgehead atoms. The van der Waals surface area contributed by atoms with Crippen molar-refractivity contribution in [3.05, 3.63) is 72.4 Å². The average molecular weight is 479 g/mol. The Kier molecular flexibility index (Phi) is 7.23. The van der Waals surface area contributed by atoms with E-state index in [-0.39, 0.29) is 32.4 Å². The quantitative estimate of drug-likeness (QED) is 0.288. The molecule has 1 aromatic heterocycles. The number of nitrogens with one attached hydrogen (secondary N) is 2. The number of hydrogen-bond acceptors (Lipinski definition) is 6. The third-order valence-corrected chi connectivity index (χ3v) is 6.15. The van der Waals surface area contributed by atoms with Crippen molar-refractivity contribution in [3.8, 4) is 0 Å². The van der Waals surface area contributed by atoms with Crippen LogP contribution in [-0.2, 0) is 20.7 Å². The highest BCUT2D eigenvalue weighted by Gasteiger charge is 2.54. The second kappa shape index (κ2) is 10.5. The number of likely N-dealkylation sites (tertiary alicyclic amines) is 1. The van der Waals surface area contributed by atoms with E-state index in [1.165, 1.54) is 5.48 Å². The van der Waals surface area contributed by atoms with E-state index in [0.717, 1.165) is 15.8 Å². The molecule has 4 rings (SSSR count). The van der Waals surface area contributed by atoms with E-state index >= 15 is 0 Å². The van der Waals surface area contributed by atoms with Crippen molar-refractivity contribution >= 4 is 34.5 Å². The highest BCUT2D eigenvalue weighted by Crippen LogP contribution is 2.36. The molecular weight excluding hydrogens is 452 g/mol. The van der Waals surface area contributed by atoms with Crippen LogP contribution in [0.5, 0.6) is 0 Å². The van der Waals surface area contributed by atoms with Gasteiger partial charge in [0.2, 0.25) is 5.91 Å². The maximum Gasteiger partial charge on any atom is 0.408 e. The van der Waals surface area contributed by atoms with Crippen molar-refractivity contribution < 1.29 is 29.4 Å². The summed E-state index contributed by atoms with van der Waals surface area (Å²) in [6.45, 7) is -0.0646. The summed E-state index contributed by atoms with van der Waals surface area (Å²) in [4.78, 5) is 43.0. The van der Waals surface area contributed by atoms with Crippen molar-refractivity contribution in [2.24, 2.45) is 0 Å². The minimum Gasteiger partial charge on any atom is -0.465 e. The van der Waals surface area contributed by atoms with E-state index in [2.05, 4.69) is 10.3 Å². The normalized spacial score (nSPS) is 19.5. The van der Waals surface area contributed by atoms with Crippen LogP contribution in [0, 0.1) is 0 Å². The maximum atomic E-state index is 13.9. The van der Waals surface area contributed by atoms with Crippen molar-refractivity contribution in [1.82, 2.24) is 15.4 Å². The predicted octanol–water partition coefficient (Wildman–Crippen LogP) is 2.82. The predicted molar refractivity (Wildman–Crippen MR) is 127 cm³/mol. The van der Waals surface area contributed by atoms with E-state index in [1.54, 1.807) is 24.4 Å². The standard InChI is InChI=1S/C25H26N4O6/c30-21(28-34)11-13-35-19-15-25(29(16-19)24(32)33,14-17-6-2-1-3-7-17)23(31)27-20-10-4-8-18-9-5-12-26-22(18)20/h1-10,12,19,34H,11,13-16H2,(H,27,31)(H,28,30)(H,32,33)/t19-,25+/m1/s1. The van der Waals surface area contributed by atoms with E-state index in [4.69, 9.17) is 9.94 Å². The van der Waals surface area contributed by atoms with Gasteiger partial charge < -0.3 is 15.2 Å². The number of pyridine rings is 1. The first-order valence-electron chi connectivity index (χ1n) is 11.2. The first kappa shape index (κ1) is 24.1. The largest absolute Gasteiger partial charge is 0.465 e. The number of nitrogens with zero attached hydrogens (tertiary/aromatic N) is 2. The van der Waals surface area contributed by atoms with Gasteiger partial charge in [-0.05, 0) is 17.7 Å². The van der Waals surface area contributed by atoms with Gasteiger partial charge in [0.05, 0.1) is 36.9 Å². The molecule has 4 N–H and O–H groups in total. The van der Waals surface area contributed by atoms with Crippen molar-refractivity contribution in [1.29, 1.82) is 0 Å². The lowest BCUT2D eigenvalue weighted by Crippen LogP contribution is -2.56. The molecular formula is C25H26N4O6. The van der Waals surface area contributed by atoms with E-state index in [1.807, 2.05) is 42.5 Å². The summed E-state index contributed by atoms with van der Waals surface area (Å²) in [6, 6.07) is 18.3. The number of para-hydroxylation sites is 1. The van der Waals surface area contributed by atoms with E-state index in [0.29, 0.717) is 11.2 Å². The number of carbonyl (C=O) groups excluding carboxylic acids is 2. The SMILES string of the molecule is O=C(CCO[C@H]1CN(C(=O)O)[C@](Cc2ccccc2)(C(=O)Nc2cccc3cccnc23)C1)NO. The van der Waals surface area contributed by atoms with Crippen molar-refractivity contribution in [3.63, 3.8) is 0 Å². The number of rotatable bonds is 8. The van der Waals surface area contributed by atoms with Crippen LogP contribution in [0.1, 0.15) is 18.4 Å². The van der Waals surface area contributed by atoms with Crippen LogP contribution in [0.2, 0.25) is 0 Å². The summed E-state index contributed by atoms with van der Waals surface area (Å²) < 4.78 is 5.75. The average Bonchev–Trinajstić information content (AvgIpc) is 3.24. The van der Waals surface area contributed by atoms with Gasteiger partial charge in [0.25, 0.3) is 5.91 Å². The van der Waals surface area contributed by atoms with Gasteiger partial charge in [-0.3, -0.25) is 24.7 Å². The molecule has 1 aliphatic rings. The fourth-order valence-electron chi connectivity index (χ4n) is 4.52. The molecule has 0 radical (unpaired) electrons. The number of amides is 3. The van der Waals surface area contributed by atoms with Crippen LogP contribution in [0.25, 0.3) is 10.9 Å². The van der Waals surface area contributed by atoms with Gasteiger partial charge in [0.15, 0.2) is 0 Å². The summed E-state index contributed by atoms with van der Waals surface area (Å²) in [7, 11) is 0. The Balaban J connectivity index is 1.66. The van der Waals surface area contributed by atoms with Gasteiger partial charge >= 0.3 is 6.09 Å².